The van der Waals surface area contributed by atoms with Crippen molar-refractivity contribution in [1.82, 2.24) is 14.4 Å². The number of aryl methyl sites for hydroxylation is 1. The Labute approximate surface area is 199 Å². The molecule has 0 N–H and O–H groups in total. The first-order valence-corrected chi connectivity index (χ1v) is 11.8. The number of carbonyl (C=O) groups is 2. The fraction of sp³-hybridized carbons (Fsp3) is 0.385. The van der Waals surface area contributed by atoms with E-state index in [1.807, 2.05) is 31.2 Å². The molecule has 33 heavy (non-hydrogen) atoms. The van der Waals surface area contributed by atoms with Gasteiger partial charge in [0.25, 0.3) is 11.7 Å². The molecule has 0 atom stereocenters. The quantitative estimate of drug-likeness (QED) is 0.375. The third-order valence-electron chi connectivity index (χ3n) is 6.56. The average molecular weight is 468 g/mol. The van der Waals surface area contributed by atoms with Crippen molar-refractivity contribution < 1.29 is 14.3 Å². The number of rotatable bonds is 7. The molecule has 1 saturated heterocycles. The highest BCUT2D eigenvalue weighted by Gasteiger charge is 2.32. The van der Waals surface area contributed by atoms with Crippen LogP contribution in [0.4, 0.5) is 0 Å². The van der Waals surface area contributed by atoms with Crippen molar-refractivity contribution in [2.45, 2.75) is 39.0 Å². The minimum Gasteiger partial charge on any atom is -0.487 e. The lowest BCUT2D eigenvalue weighted by Gasteiger charge is -2.34. The standard InChI is InChI=1S/C26H30ClN3O3/c1-4-30-22-8-6-5-7-21(22)24(23(30)17-33-20-11-9-18(27)10-12-20)25(31)26(32)29(3)19-13-15-28(2)16-14-19/h5-12,19H,4,13-17H2,1-3H3. The van der Waals surface area contributed by atoms with Gasteiger partial charge in [0.05, 0.1) is 11.3 Å². The molecule has 6 nitrogen and oxygen atoms in total. The Morgan fingerprint density at radius 2 is 1.76 bits per heavy atom. The fourth-order valence-corrected chi connectivity index (χ4v) is 4.74. The van der Waals surface area contributed by atoms with Gasteiger partial charge in [-0.15, -0.1) is 0 Å². The molecule has 0 aliphatic carbocycles. The summed E-state index contributed by atoms with van der Waals surface area (Å²) in [4.78, 5) is 30.8. The number of nitrogens with zero attached hydrogens (tertiary/aromatic N) is 3. The van der Waals surface area contributed by atoms with Crippen molar-refractivity contribution in [2.24, 2.45) is 0 Å². The Hall–Kier alpha value is -2.83. The second-order valence-corrected chi connectivity index (χ2v) is 9.04. The lowest BCUT2D eigenvalue weighted by atomic mass is 10.0. The molecule has 0 spiro atoms. The largest absolute Gasteiger partial charge is 0.487 e. The number of carbonyl (C=O) groups excluding carboxylic acids is 2. The van der Waals surface area contributed by atoms with Crippen LogP contribution in [-0.4, -0.2) is 59.3 Å². The molecule has 0 unspecified atom stereocenters. The number of likely N-dealkylation sites (tertiary alicyclic amines) is 1. The third-order valence-corrected chi connectivity index (χ3v) is 6.81. The highest BCUT2D eigenvalue weighted by molar-refractivity contribution is 6.45. The monoisotopic (exact) mass is 467 g/mol. The van der Waals surface area contributed by atoms with E-state index in [2.05, 4.69) is 16.5 Å². The Morgan fingerprint density at radius 3 is 2.42 bits per heavy atom. The van der Waals surface area contributed by atoms with Gasteiger partial charge in [-0.1, -0.05) is 29.8 Å². The predicted molar refractivity (Wildman–Crippen MR) is 131 cm³/mol. The van der Waals surface area contributed by atoms with Gasteiger partial charge in [0.2, 0.25) is 0 Å². The van der Waals surface area contributed by atoms with Gasteiger partial charge in [0.1, 0.15) is 12.4 Å². The molecule has 1 amide bonds. The molecular formula is C26H30ClN3O3. The Morgan fingerprint density at radius 1 is 1.09 bits per heavy atom. The second kappa shape index (κ2) is 9.98. The molecule has 1 fully saturated rings. The summed E-state index contributed by atoms with van der Waals surface area (Å²) in [5.74, 6) is -0.286. The molecule has 0 radical (unpaired) electrons. The van der Waals surface area contributed by atoms with Gasteiger partial charge in [-0.3, -0.25) is 9.59 Å². The fourth-order valence-electron chi connectivity index (χ4n) is 4.62. The maximum Gasteiger partial charge on any atom is 0.295 e. The summed E-state index contributed by atoms with van der Waals surface area (Å²) in [5.41, 5.74) is 2.07. The number of hydrogen-bond donors (Lipinski definition) is 0. The van der Waals surface area contributed by atoms with E-state index in [1.54, 1.807) is 36.2 Å². The number of piperidine rings is 1. The summed E-state index contributed by atoms with van der Waals surface area (Å²) >= 11 is 5.98. The number of aromatic nitrogens is 1. The topological polar surface area (TPSA) is 54.8 Å². The first-order chi connectivity index (χ1) is 15.9. The van der Waals surface area contributed by atoms with E-state index in [1.165, 1.54) is 0 Å². The zero-order chi connectivity index (χ0) is 23.5. The molecule has 1 aromatic heterocycles. The van der Waals surface area contributed by atoms with Crippen LogP contribution in [0.15, 0.2) is 48.5 Å². The summed E-state index contributed by atoms with van der Waals surface area (Å²) < 4.78 is 8.07. The van der Waals surface area contributed by atoms with Crippen LogP contribution in [0, 0.1) is 0 Å². The van der Waals surface area contributed by atoms with E-state index in [0.29, 0.717) is 28.6 Å². The van der Waals surface area contributed by atoms with Crippen LogP contribution in [0.3, 0.4) is 0 Å². The molecule has 2 aromatic carbocycles. The Balaban J connectivity index is 1.67. The smallest absolute Gasteiger partial charge is 0.295 e. The molecule has 2 heterocycles. The molecular weight excluding hydrogens is 438 g/mol. The number of ketones is 1. The zero-order valence-electron chi connectivity index (χ0n) is 19.4. The average Bonchev–Trinajstić information content (AvgIpc) is 3.16. The van der Waals surface area contributed by atoms with Crippen LogP contribution in [0.2, 0.25) is 5.02 Å². The first-order valence-electron chi connectivity index (χ1n) is 11.4. The van der Waals surface area contributed by atoms with Gasteiger partial charge in [0, 0.05) is 35.6 Å². The van der Waals surface area contributed by atoms with Crippen LogP contribution >= 0.6 is 11.6 Å². The highest BCUT2D eigenvalue weighted by atomic mass is 35.5. The van der Waals surface area contributed by atoms with E-state index in [0.717, 1.165) is 36.8 Å². The van der Waals surface area contributed by atoms with Gasteiger partial charge in [-0.2, -0.15) is 0 Å². The van der Waals surface area contributed by atoms with Gasteiger partial charge in [0.15, 0.2) is 0 Å². The first kappa shape index (κ1) is 23.3. The van der Waals surface area contributed by atoms with Crippen molar-refractivity contribution in [3.05, 3.63) is 64.8 Å². The van der Waals surface area contributed by atoms with E-state index < -0.39 is 11.7 Å². The van der Waals surface area contributed by atoms with Crippen molar-refractivity contribution in [3.8, 4) is 5.75 Å². The van der Waals surface area contributed by atoms with Crippen LogP contribution in [0.25, 0.3) is 10.9 Å². The number of fused-ring (bicyclic) bond motifs is 1. The number of Topliss-reactive ketones (excluding diaryl/α,β-unsaturated/α-hetero) is 1. The molecule has 4 rings (SSSR count). The number of para-hydroxylation sites is 1. The minimum absolute atomic E-state index is 0.0749. The number of amides is 1. The summed E-state index contributed by atoms with van der Waals surface area (Å²) in [5, 5.41) is 1.41. The predicted octanol–water partition coefficient (Wildman–Crippen LogP) is 4.63. The number of likely N-dealkylation sites (N-methyl/N-ethyl adjacent to an activating group) is 1. The maximum atomic E-state index is 13.6. The van der Waals surface area contributed by atoms with E-state index in [4.69, 9.17) is 16.3 Å². The van der Waals surface area contributed by atoms with Crippen molar-refractivity contribution in [1.29, 1.82) is 0 Å². The number of benzene rings is 2. The van der Waals surface area contributed by atoms with Crippen LogP contribution in [-0.2, 0) is 17.9 Å². The van der Waals surface area contributed by atoms with Crippen LogP contribution in [0.5, 0.6) is 5.75 Å². The highest BCUT2D eigenvalue weighted by Crippen LogP contribution is 2.29. The van der Waals surface area contributed by atoms with Gasteiger partial charge in [-0.25, -0.2) is 0 Å². The van der Waals surface area contributed by atoms with Gasteiger partial charge < -0.3 is 19.1 Å². The molecule has 7 heteroatoms. The van der Waals surface area contributed by atoms with Crippen LogP contribution < -0.4 is 4.74 Å². The van der Waals surface area contributed by atoms with Crippen molar-refractivity contribution in [3.63, 3.8) is 0 Å². The summed E-state index contributed by atoms with van der Waals surface area (Å²) in [6.45, 7) is 4.71. The van der Waals surface area contributed by atoms with Crippen molar-refractivity contribution in [2.75, 3.05) is 27.2 Å². The Kier molecular flexibility index (Phi) is 7.05. The summed E-state index contributed by atoms with van der Waals surface area (Å²) in [7, 11) is 3.83. The maximum absolute atomic E-state index is 13.6. The summed E-state index contributed by atoms with van der Waals surface area (Å²) in [6, 6.07) is 14.9. The van der Waals surface area contributed by atoms with Gasteiger partial charge in [-0.05, 0) is 70.2 Å². The third kappa shape index (κ3) is 4.77. The number of ether oxygens (including phenoxy) is 1. The zero-order valence-corrected chi connectivity index (χ0v) is 20.1. The lowest BCUT2D eigenvalue weighted by molar-refractivity contribution is -0.128. The molecule has 0 saturated carbocycles. The number of hydrogen-bond acceptors (Lipinski definition) is 4. The van der Waals surface area contributed by atoms with Gasteiger partial charge >= 0.3 is 0 Å². The molecule has 174 valence electrons. The minimum atomic E-state index is -0.477. The SMILES string of the molecule is CCn1c(COc2ccc(Cl)cc2)c(C(=O)C(=O)N(C)C2CCN(C)CC2)c2ccccc21. The van der Waals surface area contributed by atoms with E-state index in [9.17, 15) is 9.59 Å². The Bertz CT molecular complexity index is 1150. The molecule has 0 bridgehead atoms. The summed E-state index contributed by atoms with van der Waals surface area (Å²) in [6.07, 6.45) is 1.74. The van der Waals surface area contributed by atoms with Crippen LogP contribution in [0.1, 0.15) is 35.8 Å². The molecule has 1 aliphatic heterocycles. The molecule has 3 aromatic rings. The van der Waals surface area contributed by atoms with E-state index >= 15 is 0 Å². The van der Waals surface area contributed by atoms with E-state index in [-0.39, 0.29) is 12.6 Å². The lowest BCUT2D eigenvalue weighted by Crippen LogP contribution is -2.46. The number of halogens is 1. The second-order valence-electron chi connectivity index (χ2n) is 8.61. The molecule has 1 aliphatic rings. The van der Waals surface area contributed by atoms with Crippen molar-refractivity contribution >= 4 is 34.2 Å². The normalized spacial score (nSPS) is 15.0.